The second kappa shape index (κ2) is 12.7. The third kappa shape index (κ3) is 8.42. The van der Waals surface area contributed by atoms with Crippen LogP contribution >= 0.6 is 11.6 Å². The monoisotopic (exact) mass is 443 g/mol. The predicted octanol–water partition coefficient (Wildman–Crippen LogP) is 4.81. The van der Waals surface area contributed by atoms with Crippen LogP contribution < -0.4 is 15.5 Å². The van der Waals surface area contributed by atoms with E-state index in [2.05, 4.69) is 22.8 Å². The minimum absolute atomic E-state index is 0.206. The zero-order chi connectivity index (χ0) is 22.6. The van der Waals surface area contributed by atoms with Crippen molar-refractivity contribution in [3.05, 3.63) is 64.7 Å². The van der Waals surface area contributed by atoms with E-state index in [-0.39, 0.29) is 17.7 Å². The van der Waals surface area contributed by atoms with Gasteiger partial charge >= 0.3 is 0 Å². The van der Waals surface area contributed by atoms with Crippen molar-refractivity contribution in [2.75, 3.05) is 6.61 Å². The molecule has 0 aromatic heterocycles. The van der Waals surface area contributed by atoms with Crippen molar-refractivity contribution in [2.45, 2.75) is 46.1 Å². The van der Waals surface area contributed by atoms with Gasteiger partial charge < -0.3 is 10.1 Å². The number of nitrogens with zero attached hydrogens (tertiary/aromatic N) is 1. The van der Waals surface area contributed by atoms with E-state index in [0.717, 1.165) is 18.4 Å². The molecule has 0 heterocycles. The topological polar surface area (TPSA) is 79.8 Å². The zero-order valence-electron chi connectivity index (χ0n) is 18.2. The number of hydrogen-bond acceptors (Lipinski definition) is 4. The summed E-state index contributed by atoms with van der Waals surface area (Å²) in [6.07, 6.45) is 4.04. The van der Waals surface area contributed by atoms with E-state index in [1.54, 1.807) is 30.5 Å². The van der Waals surface area contributed by atoms with Gasteiger partial charge in [0.1, 0.15) is 11.8 Å². The molecule has 0 saturated carbocycles. The number of carbonyl (C=O) groups excluding carboxylic acids is 2. The van der Waals surface area contributed by atoms with Crippen LogP contribution in [-0.2, 0) is 4.79 Å². The highest BCUT2D eigenvalue weighted by Gasteiger charge is 2.22. The highest BCUT2D eigenvalue weighted by Crippen LogP contribution is 2.16. The molecule has 6 nitrogen and oxygen atoms in total. The van der Waals surface area contributed by atoms with Gasteiger partial charge in [0.15, 0.2) is 0 Å². The number of carbonyl (C=O) groups is 2. The lowest BCUT2D eigenvalue weighted by atomic mass is 10.0. The molecule has 0 saturated heterocycles. The average Bonchev–Trinajstić information content (AvgIpc) is 2.74. The lowest BCUT2D eigenvalue weighted by Crippen LogP contribution is -2.46. The summed E-state index contributed by atoms with van der Waals surface area (Å²) in [5, 5.41) is 7.41. The van der Waals surface area contributed by atoms with Gasteiger partial charge in [-0.05, 0) is 55.2 Å². The van der Waals surface area contributed by atoms with Gasteiger partial charge in [-0.3, -0.25) is 9.59 Å². The third-order valence-electron chi connectivity index (χ3n) is 4.49. The van der Waals surface area contributed by atoms with E-state index in [9.17, 15) is 9.59 Å². The van der Waals surface area contributed by atoms with Gasteiger partial charge in [-0.2, -0.15) is 5.10 Å². The fourth-order valence-corrected chi connectivity index (χ4v) is 2.96. The first kappa shape index (κ1) is 24.4. The van der Waals surface area contributed by atoms with Crippen molar-refractivity contribution in [2.24, 2.45) is 11.0 Å². The largest absolute Gasteiger partial charge is 0.493 e. The molecule has 2 aromatic rings. The molecule has 2 aromatic carbocycles. The van der Waals surface area contributed by atoms with Gasteiger partial charge in [-0.25, -0.2) is 5.43 Å². The fourth-order valence-electron chi connectivity index (χ4n) is 2.83. The summed E-state index contributed by atoms with van der Waals surface area (Å²) in [6, 6.07) is 13.3. The molecule has 2 amide bonds. The Bertz CT molecular complexity index is 882. The third-order valence-corrected chi connectivity index (χ3v) is 4.74. The van der Waals surface area contributed by atoms with Crippen molar-refractivity contribution in [1.29, 1.82) is 0 Å². The Morgan fingerprint density at radius 1 is 1.13 bits per heavy atom. The smallest absolute Gasteiger partial charge is 0.262 e. The Balaban J connectivity index is 2.02. The Hall–Kier alpha value is -2.86. The van der Waals surface area contributed by atoms with Gasteiger partial charge in [0.25, 0.3) is 11.8 Å². The number of halogens is 1. The fraction of sp³-hybridized carbons (Fsp3) is 0.375. The molecule has 1 atom stereocenters. The molecule has 0 aliphatic rings. The van der Waals surface area contributed by atoms with Crippen molar-refractivity contribution in [3.63, 3.8) is 0 Å². The Labute approximate surface area is 189 Å². The van der Waals surface area contributed by atoms with Gasteiger partial charge in [0, 0.05) is 16.1 Å². The van der Waals surface area contributed by atoms with Crippen LogP contribution in [0.1, 0.15) is 56.0 Å². The minimum atomic E-state index is -0.712. The van der Waals surface area contributed by atoms with E-state index in [1.807, 2.05) is 38.1 Å². The van der Waals surface area contributed by atoms with Gasteiger partial charge in [0.05, 0.1) is 12.8 Å². The molecular weight excluding hydrogens is 414 g/mol. The number of para-hydroxylation sites is 1. The quantitative estimate of drug-likeness (QED) is 0.297. The Morgan fingerprint density at radius 2 is 1.84 bits per heavy atom. The molecule has 0 spiro atoms. The Morgan fingerprint density at radius 3 is 2.52 bits per heavy atom. The number of rotatable bonds is 11. The van der Waals surface area contributed by atoms with Crippen LogP contribution in [0.5, 0.6) is 5.75 Å². The summed E-state index contributed by atoms with van der Waals surface area (Å²) in [7, 11) is 0. The SMILES string of the molecule is CCCCOc1ccccc1/C=N/NC(=O)C(CC(C)C)NC(=O)c1ccc(Cl)cc1. The minimum Gasteiger partial charge on any atom is -0.493 e. The molecule has 0 fully saturated rings. The van der Waals surface area contributed by atoms with E-state index < -0.39 is 6.04 Å². The van der Waals surface area contributed by atoms with Gasteiger partial charge in [0.2, 0.25) is 0 Å². The summed E-state index contributed by atoms with van der Waals surface area (Å²) in [4.78, 5) is 25.2. The van der Waals surface area contributed by atoms with Crippen molar-refractivity contribution >= 4 is 29.6 Å². The van der Waals surface area contributed by atoms with E-state index >= 15 is 0 Å². The number of amides is 2. The van der Waals surface area contributed by atoms with Gasteiger partial charge in [-0.15, -0.1) is 0 Å². The number of unbranched alkanes of at least 4 members (excludes halogenated alkanes) is 1. The number of hydrazone groups is 1. The van der Waals surface area contributed by atoms with Crippen molar-refractivity contribution < 1.29 is 14.3 Å². The maximum Gasteiger partial charge on any atom is 0.262 e. The molecule has 0 aliphatic heterocycles. The number of nitrogens with one attached hydrogen (secondary N) is 2. The molecule has 2 N–H and O–H groups in total. The van der Waals surface area contributed by atoms with Crippen LogP contribution in [0.3, 0.4) is 0 Å². The standard InChI is InChI=1S/C24H30ClN3O3/c1-4-5-14-31-22-9-7-6-8-19(22)16-26-28-24(30)21(15-17(2)3)27-23(29)18-10-12-20(25)13-11-18/h6-13,16-17,21H,4-5,14-15H2,1-3H3,(H,27,29)(H,28,30)/b26-16+. The average molecular weight is 444 g/mol. The molecule has 31 heavy (non-hydrogen) atoms. The summed E-state index contributed by atoms with van der Waals surface area (Å²) < 4.78 is 5.77. The first-order valence-electron chi connectivity index (χ1n) is 10.5. The van der Waals surface area contributed by atoms with Crippen molar-refractivity contribution in [1.82, 2.24) is 10.7 Å². The lowest BCUT2D eigenvalue weighted by Gasteiger charge is -2.19. The summed E-state index contributed by atoms with van der Waals surface area (Å²) in [5.74, 6) is 0.203. The van der Waals surface area contributed by atoms with Crippen LogP contribution in [0.4, 0.5) is 0 Å². The maximum absolute atomic E-state index is 12.7. The van der Waals surface area contributed by atoms with Gasteiger partial charge in [-0.1, -0.05) is 50.9 Å². The van der Waals surface area contributed by atoms with E-state index in [4.69, 9.17) is 16.3 Å². The summed E-state index contributed by atoms with van der Waals surface area (Å²) in [6.45, 7) is 6.70. The second-order valence-electron chi connectivity index (χ2n) is 7.64. The van der Waals surface area contributed by atoms with Crippen LogP contribution in [0.15, 0.2) is 53.6 Å². The van der Waals surface area contributed by atoms with Crippen LogP contribution in [0.2, 0.25) is 5.02 Å². The lowest BCUT2D eigenvalue weighted by molar-refractivity contribution is -0.123. The van der Waals surface area contributed by atoms with Crippen molar-refractivity contribution in [3.8, 4) is 5.75 Å². The second-order valence-corrected chi connectivity index (χ2v) is 8.07. The van der Waals surface area contributed by atoms with E-state index in [1.165, 1.54) is 0 Å². The molecule has 1 unspecified atom stereocenters. The molecule has 2 rings (SSSR count). The first-order valence-corrected chi connectivity index (χ1v) is 10.9. The number of benzene rings is 2. The highest BCUT2D eigenvalue weighted by atomic mass is 35.5. The highest BCUT2D eigenvalue weighted by molar-refractivity contribution is 6.30. The molecule has 7 heteroatoms. The van der Waals surface area contributed by atoms with Crippen LogP contribution in [0, 0.1) is 5.92 Å². The molecule has 0 radical (unpaired) electrons. The zero-order valence-corrected chi connectivity index (χ0v) is 19.0. The molecule has 166 valence electrons. The molecule has 0 bridgehead atoms. The summed E-state index contributed by atoms with van der Waals surface area (Å²) >= 11 is 5.87. The Kier molecular flexibility index (Phi) is 10.0. The summed E-state index contributed by atoms with van der Waals surface area (Å²) in [5.41, 5.74) is 3.74. The van der Waals surface area contributed by atoms with Crippen LogP contribution in [-0.4, -0.2) is 30.7 Å². The number of ether oxygens (including phenoxy) is 1. The van der Waals surface area contributed by atoms with Crippen LogP contribution in [0.25, 0.3) is 0 Å². The number of hydrogen-bond donors (Lipinski definition) is 2. The molecule has 0 aliphatic carbocycles. The molecular formula is C24H30ClN3O3. The first-order chi connectivity index (χ1) is 14.9. The maximum atomic E-state index is 12.7. The van der Waals surface area contributed by atoms with E-state index in [0.29, 0.717) is 29.4 Å². The predicted molar refractivity (Wildman–Crippen MR) is 125 cm³/mol. The normalized spacial score (nSPS) is 12.0.